The number of carbonyl (C=O) groups is 5. The van der Waals surface area contributed by atoms with Gasteiger partial charge < -0.3 is 32.5 Å². The van der Waals surface area contributed by atoms with E-state index in [1.54, 1.807) is 0 Å². The minimum absolute atomic E-state index is 0.0151. The number of carbonyl (C=O) groups excluding carboxylic acids is 4. The second kappa shape index (κ2) is 12.4. The minimum atomic E-state index is -1.26. The molecule has 0 aliphatic heterocycles. The van der Waals surface area contributed by atoms with Crippen LogP contribution < -0.4 is 27.4 Å². The Morgan fingerprint density at radius 2 is 1.44 bits per heavy atom. The van der Waals surface area contributed by atoms with Crippen molar-refractivity contribution >= 4 is 54.9 Å². The Morgan fingerprint density at radius 1 is 0.926 bits per heavy atom. The second-order valence-electron chi connectivity index (χ2n) is 5.67. The molecular weight excluding hydrogens is 398 g/mol. The van der Waals surface area contributed by atoms with Gasteiger partial charge in [0, 0.05) is 17.9 Å². The lowest BCUT2D eigenvalue weighted by Crippen LogP contribution is -2.57. The monoisotopic (exact) mass is 423 g/mol. The van der Waals surface area contributed by atoms with Crippen molar-refractivity contribution in [1.29, 1.82) is 0 Å². The van der Waals surface area contributed by atoms with Gasteiger partial charge in [-0.25, -0.2) is 4.79 Å². The van der Waals surface area contributed by atoms with Crippen LogP contribution in [-0.2, 0) is 24.0 Å². The predicted molar refractivity (Wildman–Crippen MR) is 103 cm³/mol. The predicted octanol–water partition coefficient (Wildman–Crippen LogP) is -3.00. The molecule has 0 spiro atoms. The molecule has 0 aliphatic carbocycles. The summed E-state index contributed by atoms with van der Waals surface area (Å²) in [5.74, 6) is -4.19. The van der Waals surface area contributed by atoms with Crippen molar-refractivity contribution < 1.29 is 29.1 Å². The smallest absolute Gasteiger partial charge is 0.327 e. The molecule has 0 fully saturated rings. The fourth-order valence-corrected chi connectivity index (χ4v) is 2.27. The first-order chi connectivity index (χ1) is 12.5. The third-order valence-corrected chi connectivity index (χ3v) is 4.13. The molecule has 11 nitrogen and oxygen atoms in total. The lowest BCUT2D eigenvalue weighted by atomic mass is 10.1. The zero-order valence-electron chi connectivity index (χ0n) is 14.7. The first-order valence-electron chi connectivity index (χ1n) is 7.93. The van der Waals surface area contributed by atoms with Gasteiger partial charge in [-0.1, -0.05) is 0 Å². The van der Waals surface area contributed by atoms with E-state index in [9.17, 15) is 24.0 Å². The van der Waals surface area contributed by atoms with Crippen molar-refractivity contribution in [3.05, 3.63) is 0 Å². The van der Waals surface area contributed by atoms with Gasteiger partial charge >= 0.3 is 5.97 Å². The van der Waals surface area contributed by atoms with Crippen LogP contribution in [0.5, 0.6) is 0 Å². The maximum atomic E-state index is 12.2. The number of thiol groups is 2. The normalized spacial score (nSPS) is 15.0. The van der Waals surface area contributed by atoms with E-state index in [1.807, 2.05) is 0 Å². The van der Waals surface area contributed by atoms with E-state index in [2.05, 4.69) is 41.2 Å². The number of nitrogens with two attached hydrogens (primary N) is 2. The maximum Gasteiger partial charge on any atom is 0.327 e. The molecule has 8 N–H and O–H groups in total. The van der Waals surface area contributed by atoms with Gasteiger partial charge in [-0.2, -0.15) is 25.3 Å². The summed E-state index contributed by atoms with van der Waals surface area (Å²) in [6.45, 7) is 1.35. The van der Waals surface area contributed by atoms with Crippen LogP contribution in [0.1, 0.15) is 19.8 Å². The van der Waals surface area contributed by atoms with Crippen LogP contribution >= 0.6 is 25.3 Å². The van der Waals surface area contributed by atoms with E-state index in [1.165, 1.54) is 6.92 Å². The fourth-order valence-electron chi connectivity index (χ4n) is 1.76. The largest absolute Gasteiger partial charge is 0.480 e. The van der Waals surface area contributed by atoms with Gasteiger partial charge in [0.25, 0.3) is 0 Å². The third kappa shape index (κ3) is 9.49. The summed E-state index contributed by atoms with van der Waals surface area (Å²) in [4.78, 5) is 57.7. The van der Waals surface area contributed by atoms with Gasteiger partial charge in [-0.05, 0) is 13.3 Å². The number of aliphatic carboxylic acids is 1. The summed E-state index contributed by atoms with van der Waals surface area (Å²) >= 11 is 7.80. The summed E-state index contributed by atoms with van der Waals surface area (Å²) in [5, 5.41) is 15.8. The highest BCUT2D eigenvalue weighted by Crippen LogP contribution is 1.98. The van der Waals surface area contributed by atoms with E-state index in [-0.39, 0.29) is 24.3 Å². The molecular formula is C14H25N5O6S2. The number of carboxylic acids is 1. The Hall–Kier alpha value is -1.99. The molecule has 13 heteroatoms. The van der Waals surface area contributed by atoms with Gasteiger partial charge in [0.05, 0.1) is 6.04 Å². The summed E-state index contributed by atoms with van der Waals surface area (Å²) in [5.41, 5.74) is 10.6. The van der Waals surface area contributed by atoms with Gasteiger partial charge in [0.1, 0.15) is 18.1 Å². The third-order valence-electron chi connectivity index (χ3n) is 3.40. The van der Waals surface area contributed by atoms with Crippen molar-refractivity contribution in [3.8, 4) is 0 Å². The Bertz CT molecular complexity index is 576. The lowest BCUT2D eigenvalue weighted by Gasteiger charge is -2.22. The number of rotatable bonds is 12. The molecule has 4 amide bonds. The highest BCUT2D eigenvalue weighted by Gasteiger charge is 2.27. The highest BCUT2D eigenvalue weighted by molar-refractivity contribution is 7.80. The second-order valence-corrected chi connectivity index (χ2v) is 6.40. The lowest BCUT2D eigenvalue weighted by molar-refractivity contribution is -0.141. The quantitative estimate of drug-likeness (QED) is 0.153. The molecule has 0 heterocycles. The first-order valence-corrected chi connectivity index (χ1v) is 9.19. The molecule has 0 aromatic rings. The van der Waals surface area contributed by atoms with E-state index in [0.717, 1.165) is 0 Å². The van der Waals surface area contributed by atoms with Crippen LogP contribution in [0, 0.1) is 0 Å². The maximum absolute atomic E-state index is 12.2. The Labute approximate surface area is 167 Å². The summed E-state index contributed by atoms with van der Waals surface area (Å²) in [6.07, 6.45) is -0.0688. The topological polar surface area (TPSA) is 194 Å². The van der Waals surface area contributed by atoms with Crippen molar-refractivity contribution in [2.45, 2.75) is 43.9 Å². The Balaban J connectivity index is 4.69. The molecule has 4 unspecified atom stereocenters. The zero-order valence-corrected chi connectivity index (χ0v) is 16.5. The van der Waals surface area contributed by atoms with Crippen LogP contribution in [0.2, 0.25) is 0 Å². The SMILES string of the molecule is CC(NC(=O)C(CS)NC(=O)C(N)CCC(N)=O)C(=O)NC(CS)C(=O)O. The van der Waals surface area contributed by atoms with Gasteiger partial charge in [0.15, 0.2) is 0 Å². The van der Waals surface area contributed by atoms with Crippen molar-refractivity contribution in [1.82, 2.24) is 16.0 Å². The summed E-state index contributed by atoms with van der Waals surface area (Å²) in [6, 6.07) is -4.40. The highest BCUT2D eigenvalue weighted by atomic mass is 32.1. The summed E-state index contributed by atoms with van der Waals surface area (Å²) in [7, 11) is 0. The standard InChI is InChI=1S/C14H25N5O6S2/c1-6(11(21)19-9(5-27)14(24)25)17-13(23)8(4-26)18-12(22)7(15)2-3-10(16)20/h6-9,26-27H,2-5,15H2,1H3,(H2,16,20)(H,17,23)(H,18,22)(H,19,21)(H,24,25). The van der Waals surface area contributed by atoms with Gasteiger partial charge in [-0.15, -0.1) is 0 Å². The van der Waals surface area contributed by atoms with Crippen LogP contribution in [0.3, 0.4) is 0 Å². The Kier molecular flexibility index (Phi) is 11.5. The molecule has 0 saturated carbocycles. The van der Waals surface area contributed by atoms with Crippen molar-refractivity contribution in [2.75, 3.05) is 11.5 Å². The fraction of sp³-hybridized carbons (Fsp3) is 0.643. The molecule has 0 rings (SSSR count). The van der Waals surface area contributed by atoms with Gasteiger partial charge in [-0.3, -0.25) is 19.2 Å². The average molecular weight is 424 g/mol. The number of carboxylic acid groups (broad SMARTS) is 1. The van der Waals surface area contributed by atoms with Crippen LogP contribution in [0.15, 0.2) is 0 Å². The number of primary amides is 1. The van der Waals surface area contributed by atoms with Crippen LogP contribution in [0.4, 0.5) is 0 Å². The van der Waals surface area contributed by atoms with Crippen LogP contribution in [-0.4, -0.2) is 70.4 Å². The molecule has 0 aliphatic rings. The number of hydrogen-bond donors (Lipinski definition) is 8. The molecule has 0 aromatic carbocycles. The van der Waals surface area contributed by atoms with E-state index >= 15 is 0 Å². The molecule has 27 heavy (non-hydrogen) atoms. The van der Waals surface area contributed by atoms with Gasteiger partial charge in [0.2, 0.25) is 23.6 Å². The first kappa shape index (κ1) is 25.0. The van der Waals surface area contributed by atoms with Crippen molar-refractivity contribution in [3.63, 3.8) is 0 Å². The molecule has 0 radical (unpaired) electrons. The Morgan fingerprint density at radius 3 is 1.89 bits per heavy atom. The zero-order chi connectivity index (χ0) is 21.1. The van der Waals surface area contributed by atoms with Crippen LogP contribution in [0.25, 0.3) is 0 Å². The molecule has 0 bridgehead atoms. The molecule has 4 atom stereocenters. The molecule has 0 saturated heterocycles. The number of nitrogens with one attached hydrogen (secondary N) is 3. The van der Waals surface area contributed by atoms with E-state index in [0.29, 0.717) is 0 Å². The minimum Gasteiger partial charge on any atom is -0.480 e. The molecule has 0 aromatic heterocycles. The summed E-state index contributed by atoms with van der Waals surface area (Å²) < 4.78 is 0. The van der Waals surface area contributed by atoms with E-state index < -0.39 is 53.8 Å². The number of amides is 4. The van der Waals surface area contributed by atoms with E-state index in [4.69, 9.17) is 16.6 Å². The number of hydrogen-bond acceptors (Lipinski definition) is 8. The molecule has 154 valence electrons. The van der Waals surface area contributed by atoms with Crippen molar-refractivity contribution in [2.24, 2.45) is 11.5 Å². The average Bonchev–Trinajstić information content (AvgIpc) is 2.60.